The number of hydrogen-bond acceptors (Lipinski definition) is 5. The number of carbonyl (C=O) groups excluding carboxylic acids is 2. The molecule has 3 aliphatic rings. The first-order valence-electron chi connectivity index (χ1n) is 15.1. The molecule has 3 aromatic carbocycles. The van der Waals surface area contributed by atoms with Crippen LogP contribution < -0.4 is 9.47 Å². The molecule has 0 saturated carbocycles. The second-order valence-corrected chi connectivity index (χ2v) is 12.1. The third-order valence-electron chi connectivity index (χ3n) is 9.73. The molecule has 3 fully saturated rings. The molecule has 228 valence electrons. The van der Waals surface area contributed by atoms with E-state index in [0.717, 1.165) is 56.8 Å². The van der Waals surface area contributed by atoms with Crippen molar-refractivity contribution < 1.29 is 19.1 Å². The number of rotatable bonds is 8. The predicted molar refractivity (Wildman–Crippen MR) is 170 cm³/mol. The van der Waals surface area contributed by atoms with Crippen LogP contribution in [0.2, 0.25) is 0 Å². The molecular formula is C35H42ClN3O4. The van der Waals surface area contributed by atoms with E-state index in [-0.39, 0.29) is 29.6 Å². The lowest BCUT2D eigenvalue weighted by Gasteiger charge is -2.39. The van der Waals surface area contributed by atoms with E-state index in [1.165, 1.54) is 5.56 Å². The van der Waals surface area contributed by atoms with Crippen LogP contribution in [0.3, 0.4) is 0 Å². The molecule has 1 spiro atoms. The Morgan fingerprint density at radius 2 is 1.51 bits per heavy atom. The Bertz CT molecular complexity index is 1390. The van der Waals surface area contributed by atoms with Gasteiger partial charge in [-0.15, -0.1) is 12.4 Å². The second-order valence-electron chi connectivity index (χ2n) is 12.1. The molecule has 7 nitrogen and oxygen atoms in total. The van der Waals surface area contributed by atoms with Gasteiger partial charge in [0.15, 0.2) is 0 Å². The monoisotopic (exact) mass is 603 g/mol. The van der Waals surface area contributed by atoms with Gasteiger partial charge in [-0.1, -0.05) is 54.6 Å². The molecule has 0 unspecified atom stereocenters. The summed E-state index contributed by atoms with van der Waals surface area (Å²) in [5.74, 6) is 2.39. The summed E-state index contributed by atoms with van der Waals surface area (Å²) < 4.78 is 10.8. The Kier molecular flexibility index (Phi) is 9.62. The number of nitrogens with zero attached hydrogens (tertiary/aromatic N) is 3. The maximum absolute atomic E-state index is 13.6. The summed E-state index contributed by atoms with van der Waals surface area (Å²) in [6.07, 6.45) is 2.74. The minimum Gasteiger partial charge on any atom is -0.497 e. The maximum Gasteiger partial charge on any atom is 0.257 e. The smallest absolute Gasteiger partial charge is 0.257 e. The van der Waals surface area contributed by atoms with Crippen molar-refractivity contribution in [2.24, 2.45) is 11.3 Å². The lowest BCUT2D eigenvalue weighted by molar-refractivity contribution is -0.139. The zero-order valence-electron chi connectivity index (χ0n) is 25.1. The molecule has 3 heterocycles. The Hall–Kier alpha value is -3.55. The number of carbonyl (C=O) groups is 2. The zero-order chi connectivity index (χ0) is 29.1. The van der Waals surface area contributed by atoms with Gasteiger partial charge in [0.2, 0.25) is 5.91 Å². The first kappa shape index (κ1) is 30.9. The number of benzene rings is 3. The van der Waals surface area contributed by atoms with E-state index in [1.54, 1.807) is 14.2 Å². The topological polar surface area (TPSA) is 62.3 Å². The number of likely N-dealkylation sites (tertiary alicyclic amines) is 3. The van der Waals surface area contributed by atoms with Crippen LogP contribution in [0, 0.1) is 11.3 Å². The van der Waals surface area contributed by atoms with Crippen LogP contribution in [0.5, 0.6) is 11.5 Å². The van der Waals surface area contributed by atoms with Crippen molar-refractivity contribution >= 4 is 24.2 Å². The summed E-state index contributed by atoms with van der Waals surface area (Å²) in [6.45, 7) is 5.65. The normalized spacial score (nSPS) is 21.6. The summed E-state index contributed by atoms with van der Waals surface area (Å²) in [6, 6.07) is 26.1. The molecule has 0 bridgehead atoms. The Balaban J connectivity index is 0.00000368. The van der Waals surface area contributed by atoms with Gasteiger partial charge in [-0.3, -0.25) is 9.59 Å². The SMILES string of the molecule is COc1ccc(CN2CCC3(CCN(C[C@H]4CN(C(=O)c5ccccc5OC)C[C@@H]4c4ccccc4)CC3)C2=O)cc1.Cl. The van der Waals surface area contributed by atoms with Crippen molar-refractivity contribution in [3.8, 4) is 11.5 Å². The number of hydrogen-bond donors (Lipinski definition) is 0. The molecule has 6 rings (SSSR count). The van der Waals surface area contributed by atoms with Gasteiger partial charge in [0, 0.05) is 38.6 Å². The summed E-state index contributed by atoms with van der Waals surface area (Å²) >= 11 is 0. The average molecular weight is 604 g/mol. The lowest BCUT2D eigenvalue weighted by atomic mass is 9.76. The number of amides is 2. The summed E-state index contributed by atoms with van der Waals surface area (Å²) in [5.41, 5.74) is 2.81. The van der Waals surface area contributed by atoms with Crippen molar-refractivity contribution in [2.45, 2.75) is 31.7 Å². The van der Waals surface area contributed by atoms with Gasteiger partial charge in [-0.25, -0.2) is 0 Å². The molecule has 0 aromatic heterocycles. The number of ether oxygens (including phenoxy) is 2. The van der Waals surface area contributed by atoms with E-state index in [2.05, 4.69) is 29.2 Å². The van der Waals surface area contributed by atoms with Crippen molar-refractivity contribution in [3.63, 3.8) is 0 Å². The highest BCUT2D eigenvalue weighted by Crippen LogP contribution is 2.43. The van der Waals surface area contributed by atoms with Crippen LogP contribution in [0.25, 0.3) is 0 Å². The van der Waals surface area contributed by atoms with E-state index in [4.69, 9.17) is 9.47 Å². The number of methoxy groups -OCH3 is 2. The highest BCUT2D eigenvalue weighted by Gasteiger charge is 2.48. The molecule has 8 heteroatoms. The van der Waals surface area contributed by atoms with Gasteiger partial charge in [-0.05, 0) is 73.7 Å². The van der Waals surface area contributed by atoms with Gasteiger partial charge < -0.3 is 24.2 Å². The Morgan fingerprint density at radius 1 is 0.837 bits per heavy atom. The molecule has 0 radical (unpaired) electrons. The second kappa shape index (κ2) is 13.4. The molecule has 3 aliphatic heterocycles. The standard InChI is InChI=1S/C35H41N3O4.ClH/c1-41-29-14-12-26(13-15-29)22-37-21-18-35(34(37)40)16-19-36(20-17-35)23-28-24-38(25-31(28)27-8-4-3-5-9-27)33(39)30-10-6-7-11-32(30)42-2;/h3-15,28,31H,16-25H2,1-2H3;1H/t28-,31+;/m0./s1. The minimum absolute atomic E-state index is 0. The summed E-state index contributed by atoms with van der Waals surface area (Å²) in [4.78, 5) is 33.8. The number of halogens is 1. The fourth-order valence-electron chi connectivity index (χ4n) is 7.25. The zero-order valence-corrected chi connectivity index (χ0v) is 25.9. The van der Waals surface area contributed by atoms with E-state index in [0.29, 0.717) is 42.8 Å². The van der Waals surface area contributed by atoms with Gasteiger partial charge in [0.05, 0.1) is 25.2 Å². The van der Waals surface area contributed by atoms with Crippen molar-refractivity contribution in [3.05, 3.63) is 95.6 Å². The van der Waals surface area contributed by atoms with Gasteiger partial charge >= 0.3 is 0 Å². The third-order valence-corrected chi connectivity index (χ3v) is 9.73. The minimum atomic E-state index is -0.233. The third kappa shape index (κ3) is 6.38. The molecule has 3 saturated heterocycles. The molecule has 2 atom stereocenters. The highest BCUT2D eigenvalue weighted by atomic mass is 35.5. The van der Waals surface area contributed by atoms with Crippen LogP contribution in [0.4, 0.5) is 0 Å². The van der Waals surface area contributed by atoms with Gasteiger partial charge in [0.25, 0.3) is 5.91 Å². The molecule has 43 heavy (non-hydrogen) atoms. The predicted octanol–water partition coefficient (Wildman–Crippen LogP) is 5.50. The van der Waals surface area contributed by atoms with E-state index < -0.39 is 0 Å². The number of para-hydroxylation sites is 1. The summed E-state index contributed by atoms with van der Waals surface area (Å²) in [5, 5.41) is 0. The fraction of sp³-hybridized carbons (Fsp3) is 0.429. The van der Waals surface area contributed by atoms with E-state index >= 15 is 0 Å². The molecule has 0 N–H and O–H groups in total. The lowest BCUT2D eigenvalue weighted by Crippen LogP contribution is -2.46. The molecule has 2 amide bonds. The highest BCUT2D eigenvalue weighted by molar-refractivity contribution is 5.97. The van der Waals surface area contributed by atoms with Crippen LogP contribution in [-0.2, 0) is 11.3 Å². The molecule has 3 aromatic rings. The van der Waals surface area contributed by atoms with Crippen LogP contribution in [-0.4, -0.2) is 80.0 Å². The quantitative estimate of drug-likeness (QED) is 0.340. The van der Waals surface area contributed by atoms with Crippen LogP contribution >= 0.6 is 12.4 Å². The van der Waals surface area contributed by atoms with Gasteiger partial charge in [0.1, 0.15) is 11.5 Å². The van der Waals surface area contributed by atoms with Gasteiger partial charge in [-0.2, -0.15) is 0 Å². The Labute approximate surface area is 261 Å². The van der Waals surface area contributed by atoms with Crippen LogP contribution in [0.15, 0.2) is 78.9 Å². The van der Waals surface area contributed by atoms with Crippen molar-refractivity contribution in [1.82, 2.24) is 14.7 Å². The average Bonchev–Trinajstić information content (AvgIpc) is 3.59. The van der Waals surface area contributed by atoms with Crippen molar-refractivity contribution in [2.75, 3.05) is 53.5 Å². The van der Waals surface area contributed by atoms with E-state index in [1.807, 2.05) is 64.4 Å². The number of piperidine rings is 1. The summed E-state index contributed by atoms with van der Waals surface area (Å²) in [7, 11) is 3.28. The molecular weight excluding hydrogens is 562 g/mol. The van der Waals surface area contributed by atoms with E-state index in [9.17, 15) is 9.59 Å². The first-order valence-corrected chi connectivity index (χ1v) is 15.1. The maximum atomic E-state index is 13.6. The van der Waals surface area contributed by atoms with Crippen molar-refractivity contribution in [1.29, 1.82) is 0 Å². The largest absolute Gasteiger partial charge is 0.497 e. The fourth-order valence-corrected chi connectivity index (χ4v) is 7.25. The van der Waals surface area contributed by atoms with Crippen LogP contribution in [0.1, 0.15) is 46.7 Å². The molecule has 0 aliphatic carbocycles. The first-order chi connectivity index (χ1) is 20.5. The Morgan fingerprint density at radius 3 is 2.21 bits per heavy atom.